The van der Waals surface area contributed by atoms with Gasteiger partial charge in [-0.15, -0.1) is 12.4 Å². The molecule has 0 fully saturated rings. The number of aliphatic hydroxyl groups excluding tert-OH is 1. The Hall–Kier alpha value is -2.88. The summed E-state index contributed by atoms with van der Waals surface area (Å²) in [6.45, 7) is 3.18. The lowest BCUT2D eigenvalue weighted by Crippen LogP contribution is -2.32. The number of amides is 1. The largest absolute Gasteiger partial charge is 0.460 e. The summed E-state index contributed by atoms with van der Waals surface area (Å²) in [5.41, 5.74) is 7.23. The fourth-order valence-electron chi connectivity index (χ4n) is 2.47. The topological polar surface area (TPSA) is 139 Å². The van der Waals surface area contributed by atoms with E-state index in [4.69, 9.17) is 10.2 Å². The molecule has 5 N–H and O–H groups in total. The lowest BCUT2D eigenvalue weighted by molar-refractivity contribution is 0.0944. The Balaban J connectivity index is 0.00000280. The first-order chi connectivity index (χ1) is 13.0. The Labute approximate surface area is 167 Å². The van der Waals surface area contributed by atoms with Crippen molar-refractivity contribution in [3.05, 3.63) is 53.4 Å². The molecule has 1 amide bonds. The Morgan fingerprint density at radius 2 is 1.93 bits per heavy atom. The number of carbonyl (C=O) groups is 1. The molecule has 150 valence electrons. The van der Waals surface area contributed by atoms with Gasteiger partial charge in [-0.25, -0.2) is 4.63 Å². The average Bonchev–Trinajstić information content (AvgIpc) is 3.30. The van der Waals surface area contributed by atoms with Crippen molar-refractivity contribution in [3.63, 3.8) is 0 Å². The number of hydrogen-bond donors (Lipinski definition) is 4. The molecule has 0 radical (unpaired) electrons. The van der Waals surface area contributed by atoms with Gasteiger partial charge in [-0.3, -0.25) is 4.79 Å². The Morgan fingerprint density at radius 3 is 2.57 bits per heavy atom. The van der Waals surface area contributed by atoms with Crippen molar-refractivity contribution in [1.29, 1.82) is 0 Å². The molecule has 3 rings (SSSR count). The maximum atomic E-state index is 11.8. The number of benzene rings is 1. The summed E-state index contributed by atoms with van der Waals surface area (Å²) in [4.78, 5) is 11.8. The maximum Gasteiger partial charge on any atom is 0.277 e. The summed E-state index contributed by atoms with van der Waals surface area (Å²) in [6, 6.07) is 11.4. The summed E-state index contributed by atoms with van der Waals surface area (Å²) in [5, 5.41) is 22.2. The van der Waals surface area contributed by atoms with E-state index in [1.807, 2.05) is 36.4 Å². The van der Waals surface area contributed by atoms with Crippen molar-refractivity contribution in [3.8, 4) is 11.3 Å². The third-order valence-corrected chi connectivity index (χ3v) is 3.95. The summed E-state index contributed by atoms with van der Waals surface area (Å²) in [5.74, 6) is 1.06. The highest BCUT2D eigenvalue weighted by Crippen LogP contribution is 2.24. The van der Waals surface area contributed by atoms with Gasteiger partial charge in [-0.05, 0) is 34.9 Å². The van der Waals surface area contributed by atoms with Crippen LogP contribution in [0.1, 0.15) is 34.8 Å². The lowest BCUT2D eigenvalue weighted by Gasteiger charge is -2.05. The van der Waals surface area contributed by atoms with Gasteiger partial charge in [0.05, 0.1) is 12.6 Å². The average molecular weight is 408 g/mol. The fraction of sp³-hybridized carbons (Fsp3) is 0.278. The van der Waals surface area contributed by atoms with E-state index in [9.17, 15) is 9.90 Å². The number of anilines is 1. The van der Waals surface area contributed by atoms with E-state index in [-0.39, 0.29) is 23.9 Å². The van der Waals surface area contributed by atoms with Crippen molar-refractivity contribution in [2.75, 3.05) is 18.8 Å². The van der Waals surface area contributed by atoms with Gasteiger partial charge in [0.2, 0.25) is 11.5 Å². The second-order valence-electron chi connectivity index (χ2n) is 5.99. The van der Waals surface area contributed by atoms with Crippen LogP contribution in [-0.2, 0) is 6.54 Å². The van der Waals surface area contributed by atoms with E-state index in [1.165, 1.54) is 0 Å². The van der Waals surface area contributed by atoms with Gasteiger partial charge in [0.25, 0.3) is 5.91 Å². The number of rotatable bonds is 8. The van der Waals surface area contributed by atoms with Crippen LogP contribution in [0.3, 0.4) is 0 Å². The van der Waals surface area contributed by atoms with Crippen molar-refractivity contribution >= 4 is 24.1 Å². The highest BCUT2D eigenvalue weighted by Gasteiger charge is 2.14. The number of hydrogen-bond acceptors (Lipinski definition) is 8. The highest BCUT2D eigenvalue weighted by molar-refractivity contribution is 5.95. The standard InChI is InChI=1S/C18H21N5O4.ClH/c1-11(24)12-2-4-13(5-3-12)15-7-6-14(26-15)10-20-8-9-21-18(25)16-17(19)23-27-22-16;/h2-7,11,20,24H,8-10H2,1H3,(H2,19,23)(H,21,25);1H. The summed E-state index contributed by atoms with van der Waals surface area (Å²) < 4.78 is 10.2. The lowest BCUT2D eigenvalue weighted by atomic mass is 10.1. The molecule has 1 aromatic carbocycles. The van der Waals surface area contributed by atoms with Crippen LogP contribution in [0.15, 0.2) is 45.4 Å². The number of nitrogens with one attached hydrogen (secondary N) is 2. The van der Waals surface area contributed by atoms with Gasteiger partial charge in [-0.1, -0.05) is 24.3 Å². The Morgan fingerprint density at radius 1 is 1.18 bits per heavy atom. The van der Waals surface area contributed by atoms with Crippen LogP contribution in [-0.4, -0.2) is 34.4 Å². The molecule has 0 saturated heterocycles. The minimum absolute atomic E-state index is 0. The molecule has 0 spiro atoms. The third-order valence-electron chi connectivity index (χ3n) is 3.95. The van der Waals surface area contributed by atoms with E-state index in [0.717, 1.165) is 22.6 Å². The molecule has 9 nitrogen and oxygen atoms in total. The molecule has 2 aromatic heterocycles. The molecule has 1 unspecified atom stereocenters. The van der Waals surface area contributed by atoms with Crippen molar-refractivity contribution in [2.45, 2.75) is 19.6 Å². The van der Waals surface area contributed by atoms with Crippen LogP contribution in [0.4, 0.5) is 5.82 Å². The number of halogens is 1. The summed E-state index contributed by atoms with van der Waals surface area (Å²) in [6.07, 6.45) is -0.493. The summed E-state index contributed by atoms with van der Waals surface area (Å²) >= 11 is 0. The van der Waals surface area contributed by atoms with Gasteiger partial charge in [0, 0.05) is 18.7 Å². The first-order valence-corrected chi connectivity index (χ1v) is 8.48. The molecule has 10 heteroatoms. The highest BCUT2D eigenvalue weighted by atomic mass is 35.5. The molecule has 0 aliphatic rings. The number of furan rings is 1. The molecular formula is C18H22ClN5O4. The van der Waals surface area contributed by atoms with Gasteiger partial charge >= 0.3 is 0 Å². The molecule has 0 aliphatic heterocycles. The maximum absolute atomic E-state index is 11.8. The minimum atomic E-state index is -0.493. The van der Waals surface area contributed by atoms with Crippen molar-refractivity contribution < 1.29 is 18.9 Å². The predicted molar refractivity (Wildman–Crippen MR) is 105 cm³/mol. The van der Waals surface area contributed by atoms with Gasteiger partial charge in [-0.2, -0.15) is 0 Å². The summed E-state index contributed by atoms with van der Waals surface area (Å²) in [7, 11) is 0. The van der Waals surface area contributed by atoms with E-state index < -0.39 is 12.0 Å². The Bertz CT molecular complexity index is 892. The van der Waals surface area contributed by atoms with E-state index >= 15 is 0 Å². The third kappa shape index (κ3) is 5.32. The molecule has 0 aliphatic carbocycles. The van der Waals surface area contributed by atoms with Crippen LogP contribution in [0.25, 0.3) is 11.3 Å². The minimum Gasteiger partial charge on any atom is -0.460 e. The van der Waals surface area contributed by atoms with Crippen LogP contribution in [0.2, 0.25) is 0 Å². The van der Waals surface area contributed by atoms with Crippen LogP contribution >= 0.6 is 12.4 Å². The zero-order chi connectivity index (χ0) is 19.2. The number of aromatic nitrogens is 2. The van der Waals surface area contributed by atoms with Crippen LogP contribution < -0.4 is 16.4 Å². The number of nitrogen functional groups attached to an aromatic ring is 1. The molecule has 0 saturated carbocycles. The molecular weight excluding hydrogens is 386 g/mol. The van der Waals surface area contributed by atoms with Gasteiger partial charge in [0.15, 0.2) is 0 Å². The second kappa shape index (κ2) is 9.88. The van der Waals surface area contributed by atoms with E-state index in [0.29, 0.717) is 19.6 Å². The van der Waals surface area contributed by atoms with Gasteiger partial charge < -0.3 is 25.9 Å². The first-order valence-electron chi connectivity index (χ1n) is 8.48. The number of aliphatic hydroxyl groups is 1. The number of carbonyl (C=O) groups excluding carboxylic acids is 1. The molecule has 28 heavy (non-hydrogen) atoms. The zero-order valence-corrected chi connectivity index (χ0v) is 16.0. The monoisotopic (exact) mass is 407 g/mol. The Kier molecular flexibility index (Phi) is 7.56. The zero-order valence-electron chi connectivity index (χ0n) is 15.2. The van der Waals surface area contributed by atoms with Crippen LogP contribution in [0.5, 0.6) is 0 Å². The number of nitrogens with zero attached hydrogens (tertiary/aromatic N) is 2. The van der Waals surface area contributed by atoms with Gasteiger partial charge in [0.1, 0.15) is 11.5 Å². The fourth-order valence-corrected chi connectivity index (χ4v) is 2.47. The molecule has 0 bridgehead atoms. The SMILES string of the molecule is CC(O)c1ccc(-c2ccc(CNCCNC(=O)c3nonc3N)o2)cc1.Cl. The van der Waals surface area contributed by atoms with Crippen LogP contribution in [0, 0.1) is 0 Å². The molecule has 1 atom stereocenters. The molecule has 2 heterocycles. The smallest absolute Gasteiger partial charge is 0.277 e. The number of nitrogens with two attached hydrogens (primary N) is 1. The van der Waals surface area contributed by atoms with E-state index in [1.54, 1.807) is 6.92 Å². The van der Waals surface area contributed by atoms with Crippen molar-refractivity contribution in [2.24, 2.45) is 0 Å². The second-order valence-corrected chi connectivity index (χ2v) is 5.99. The predicted octanol–water partition coefficient (Wildman–Crippen LogP) is 1.91. The first kappa shape index (κ1) is 21.4. The van der Waals surface area contributed by atoms with E-state index in [2.05, 4.69) is 25.6 Å². The quantitative estimate of drug-likeness (QED) is 0.415. The molecule has 3 aromatic rings. The van der Waals surface area contributed by atoms with Crippen molar-refractivity contribution in [1.82, 2.24) is 20.9 Å². The normalized spacial score (nSPS) is 11.6.